The number of hydrogen-bond donors (Lipinski definition) is 1. The van der Waals surface area contributed by atoms with E-state index in [-0.39, 0.29) is 11.7 Å². The Kier molecular flexibility index (Phi) is 6.74. The first-order valence-electron chi connectivity index (χ1n) is 9.69. The number of rotatable bonds is 7. The minimum absolute atomic E-state index is 0.139. The normalized spacial score (nSPS) is 15.2. The van der Waals surface area contributed by atoms with Crippen LogP contribution in [0.1, 0.15) is 17.5 Å². The molecule has 0 bridgehead atoms. The lowest BCUT2D eigenvalue weighted by atomic mass is 10.1. The standard InChI is InChI=1S/C22H26N2O6S/c1-15-6-8-17(24-10-5-11-31(24,26)27)14-18(15)23-21(25)9-7-16-12-19(28-2)22(30-4)20(13-16)29-3/h6-9,12-14H,5,10-11H2,1-4H3,(H,23,25)/b9-7+. The maximum atomic E-state index is 12.5. The molecular weight excluding hydrogens is 420 g/mol. The van der Waals surface area contributed by atoms with Crippen LogP contribution in [-0.4, -0.2) is 48.0 Å². The number of methoxy groups -OCH3 is 3. The van der Waals surface area contributed by atoms with Crippen LogP contribution in [0.25, 0.3) is 6.08 Å². The van der Waals surface area contributed by atoms with Crippen LogP contribution in [0.3, 0.4) is 0 Å². The van der Waals surface area contributed by atoms with Gasteiger partial charge in [0.15, 0.2) is 11.5 Å². The highest BCUT2D eigenvalue weighted by Gasteiger charge is 2.28. The van der Waals surface area contributed by atoms with E-state index in [4.69, 9.17) is 14.2 Å². The first-order valence-corrected chi connectivity index (χ1v) is 11.3. The summed E-state index contributed by atoms with van der Waals surface area (Å²) in [5.74, 6) is 1.23. The van der Waals surface area contributed by atoms with E-state index in [1.165, 1.54) is 31.7 Å². The van der Waals surface area contributed by atoms with Gasteiger partial charge in [0.2, 0.25) is 21.7 Å². The van der Waals surface area contributed by atoms with E-state index in [0.717, 1.165) is 5.56 Å². The molecular formula is C22H26N2O6S. The van der Waals surface area contributed by atoms with Gasteiger partial charge in [-0.25, -0.2) is 8.42 Å². The smallest absolute Gasteiger partial charge is 0.248 e. The van der Waals surface area contributed by atoms with Gasteiger partial charge in [-0.2, -0.15) is 0 Å². The average Bonchev–Trinajstić information content (AvgIpc) is 3.11. The van der Waals surface area contributed by atoms with Crippen LogP contribution in [0.15, 0.2) is 36.4 Å². The van der Waals surface area contributed by atoms with Gasteiger partial charge in [-0.1, -0.05) is 6.07 Å². The van der Waals surface area contributed by atoms with Gasteiger partial charge in [0, 0.05) is 18.3 Å². The summed E-state index contributed by atoms with van der Waals surface area (Å²) in [6, 6.07) is 8.69. The Balaban J connectivity index is 1.80. The summed E-state index contributed by atoms with van der Waals surface area (Å²) in [5, 5.41) is 2.82. The molecule has 1 aliphatic heterocycles. The van der Waals surface area contributed by atoms with E-state index in [1.54, 1.807) is 36.4 Å². The van der Waals surface area contributed by atoms with Crippen LogP contribution in [0, 0.1) is 6.92 Å². The molecule has 1 fully saturated rings. The van der Waals surface area contributed by atoms with E-state index >= 15 is 0 Å². The number of carbonyl (C=O) groups is 1. The molecule has 31 heavy (non-hydrogen) atoms. The SMILES string of the molecule is COc1cc(/C=C/C(=O)Nc2cc(N3CCCS3(=O)=O)ccc2C)cc(OC)c1OC. The van der Waals surface area contributed by atoms with Gasteiger partial charge in [-0.15, -0.1) is 0 Å². The summed E-state index contributed by atoms with van der Waals surface area (Å²) >= 11 is 0. The maximum Gasteiger partial charge on any atom is 0.248 e. The Labute approximate surface area is 182 Å². The third kappa shape index (κ3) is 4.93. The lowest BCUT2D eigenvalue weighted by molar-refractivity contribution is -0.111. The Morgan fingerprint density at radius 2 is 1.74 bits per heavy atom. The van der Waals surface area contributed by atoms with Crippen molar-refractivity contribution in [1.29, 1.82) is 0 Å². The van der Waals surface area contributed by atoms with Crippen molar-refractivity contribution in [2.24, 2.45) is 0 Å². The number of sulfonamides is 1. The number of hydrogen-bond acceptors (Lipinski definition) is 6. The quantitative estimate of drug-likeness (QED) is 0.657. The number of benzene rings is 2. The lowest BCUT2D eigenvalue weighted by Gasteiger charge is -2.18. The van der Waals surface area contributed by atoms with Gasteiger partial charge < -0.3 is 19.5 Å². The number of carbonyl (C=O) groups excluding carboxylic acids is 1. The number of ether oxygens (including phenoxy) is 3. The zero-order valence-corrected chi connectivity index (χ0v) is 18.8. The molecule has 1 heterocycles. The van der Waals surface area contributed by atoms with Crippen molar-refractivity contribution in [2.75, 3.05) is 43.2 Å². The lowest BCUT2D eigenvalue weighted by Crippen LogP contribution is -2.25. The minimum atomic E-state index is -3.29. The second-order valence-electron chi connectivity index (χ2n) is 7.02. The molecule has 9 heteroatoms. The van der Waals surface area contributed by atoms with E-state index in [9.17, 15) is 13.2 Å². The van der Waals surface area contributed by atoms with E-state index in [2.05, 4.69) is 5.32 Å². The summed E-state index contributed by atoms with van der Waals surface area (Å²) in [4.78, 5) is 12.5. The molecule has 1 aliphatic rings. The third-order valence-electron chi connectivity index (χ3n) is 4.98. The van der Waals surface area contributed by atoms with Crippen molar-refractivity contribution in [3.8, 4) is 17.2 Å². The molecule has 166 valence electrons. The molecule has 0 atom stereocenters. The van der Waals surface area contributed by atoms with Crippen molar-refractivity contribution in [3.63, 3.8) is 0 Å². The second-order valence-corrected chi connectivity index (χ2v) is 9.04. The molecule has 0 spiro atoms. The van der Waals surface area contributed by atoms with E-state index < -0.39 is 10.0 Å². The van der Waals surface area contributed by atoms with Crippen LogP contribution in [-0.2, 0) is 14.8 Å². The van der Waals surface area contributed by atoms with Crippen molar-refractivity contribution in [3.05, 3.63) is 47.5 Å². The van der Waals surface area contributed by atoms with Crippen molar-refractivity contribution in [1.82, 2.24) is 0 Å². The zero-order valence-electron chi connectivity index (χ0n) is 18.0. The van der Waals surface area contributed by atoms with Crippen molar-refractivity contribution in [2.45, 2.75) is 13.3 Å². The molecule has 8 nitrogen and oxygen atoms in total. The molecule has 0 saturated carbocycles. The highest BCUT2D eigenvalue weighted by molar-refractivity contribution is 7.93. The molecule has 0 radical (unpaired) electrons. The van der Waals surface area contributed by atoms with E-state index in [1.807, 2.05) is 6.92 Å². The largest absolute Gasteiger partial charge is 0.493 e. The fraction of sp³-hybridized carbons (Fsp3) is 0.318. The molecule has 2 aromatic rings. The molecule has 1 saturated heterocycles. The fourth-order valence-electron chi connectivity index (χ4n) is 3.37. The summed E-state index contributed by atoms with van der Waals surface area (Å²) in [6.45, 7) is 2.29. The molecule has 1 amide bonds. The number of aryl methyl sites for hydroxylation is 1. The van der Waals surface area contributed by atoms with Gasteiger partial charge in [0.1, 0.15) is 0 Å². The average molecular weight is 447 g/mol. The van der Waals surface area contributed by atoms with Gasteiger partial charge >= 0.3 is 0 Å². The minimum Gasteiger partial charge on any atom is -0.493 e. The van der Waals surface area contributed by atoms with Crippen LogP contribution < -0.4 is 23.8 Å². The molecule has 0 unspecified atom stereocenters. The van der Waals surface area contributed by atoms with Crippen LogP contribution in [0.5, 0.6) is 17.2 Å². The highest BCUT2D eigenvalue weighted by Crippen LogP contribution is 2.38. The first kappa shape index (κ1) is 22.5. The zero-order chi connectivity index (χ0) is 22.6. The maximum absolute atomic E-state index is 12.5. The van der Waals surface area contributed by atoms with Crippen molar-refractivity contribution >= 4 is 33.4 Å². The topological polar surface area (TPSA) is 94.2 Å². The Morgan fingerprint density at radius 1 is 1.06 bits per heavy atom. The number of nitrogens with zero attached hydrogens (tertiary/aromatic N) is 1. The van der Waals surface area contributed by atoms with Crippen LogP contribution >= 0.6 is 0 Å². The summed E-state index contributed by atoms with van der Waals surface area (Å²) in [7, 11) is 1.27. The van der Waals surface area contributed by atoms with Gasteiger partial charge in [-0.3, -0.25) is 9.10 Å². The first-order chi connectivity index (χ1) is 14.8. The molecule has 1 N–H and O–H groups in total. The third-order valence-corrected chi connectivity index (χ3v) is 6.85. The molecule has 3 rings (SSSR count). The summed E-state index contributed by atoms with van der Waals surface area (Å²) in [5.41, 5.74) is 2.62. The monoisotopic (exact) mass is 446 g/mol. The Hall–Kier alpha value is -3.20. The number of nitrogens with one attached hydrogen (secondary N) is 1. The predicted octanol–water partition coefficient (Wildman–Crippen LogP) is 3.21. The van der Waals surface area contributed by atoms with Crippen LogP contribution in [0.4, 0.5) is 11.4 Å². The molecule has 2 aromatic carbocycles. The predicted molar refractivity (Wildman–Crippen MR) is 121 cm³/mol. The fourth-order valence-corrected chi connectivity index (χ4v) is 4.93. The summed E-state index contributed by atoms with van der Waals surface area (Å²) < 4.78 is 41.7. The van der Waals surface area contributed by atoms with Crippen molar-refractivity contribution < 1.29 is 27.4 Å². The molecule has 0 aliphatic carbocycles. The summed E-state index contributed by atoms with van der Waals surface area (Å²) in [6.07, 6.45) is 3.61. The number of anilines is 2. The Bertz CT molecular complexity index is 1090. The second kappa shape index (κ2) is 9.30. The highest BCUT2D eigenvalue weighted by atomic mass is 32.2. The van der Waals surface area contributed by atoms with Gasteiger partial charge in [0.05, 0.1) is 32.8 Å². The Morgan fingerprint density at radius 3 is 2.29 bits per heavy atom. The van der Waals surface area contributed by atoms with Gasteiger partial charge in [0.25, 0.3) is 0 Å². The van der Waals surface area contributed by atoms with E-state index in [0.29, 0.717) is 47.2 Å². The molecule has 0 aromatic heterocycles. The van der Waals surface area contributed by atoms with Crippen LogP contribution in [0.2, 0.25) is 0 Å². The number of amides is 1. The van der Waals surface area contributed by atoms with Gasteiger partial charge in [-0.05, 0) is 54.8 Å².